The Labute approximate surface area is 106 Å². The number of aromatic nitrogens is 2. The van der Waals surface area contributed by atoms with Gasteiger partial charge >= 0.3 is 0 Å². The lowest BCUT2D eigenvalue weighted by Gasteiger charge is -2.22. The summed E-state index contributed by atoms with van der Waals surface area (Å²) < 4.78 is 15.5. The van der Waals surface area contributed by atoms with Crippen LogP contribution >= 0.6 is 0 Å². The number of rotatable bonds is 2. The zero-order chi connectivity index (χ0) is 12.5. The number of hydrogen-bond donors (Lipinski definition) is 1. The average Bonchev–Trinajstić information content (AvgIpc) is 2.77. The van der Waals surface area contributed by atoms with E-state index in [9.17, 15) is 4.39 Å². The topological polar surface area (TPSA) is 29.9 Å². The number of aryl methyl sites for hydroxylation is 1. The Kier molecular flexibility index (Phi) is 3.04. The number of fused-ring (bicyclic) bond motifs is 1. The zero-order valence-corrected chi connectivity index (χ0v) is 10.6. The molecule has 1 N–H and O–H groups in total. The summed E-state index contributed by atoms with van der Waals surface area (Å²) in [6, 6.07) is 4.86. The van der Waals surface area contributed by atoms with Crippen LogP contribution in [0.4, 0.5) is 4.39 Å². The molecule has 0 saturated carbocycles. The number of imidazole rings is 1. The molecule has 0 aliphatic carbocycles. The molecule has 0 radical (unpaired) electrons. The number of nitrogens with one attached hydrogen (secondary N) is 1. The van der Waals surface area contributed by atoms with E-state index in [1.807, 2.05) is 0 Å². The van der Waals surface area contributed by atoms with Crippen LogP contribution in [0.15, 0.2) is 18.2 Å². The fourth-order valence-corrected chi connectivity index (χ4v) is 2.84. The second-order valence-corrected chi connectivity index (χ2v) is 4.87. The van der Waals surface area contributed by atoms with E-state index in [4.69, 9.17) is 4.98 Å². The van der Waals surface area contributed by atoms with Gasteiger partial charge in [0.05, 0.1) is 11.0 Å². The highest BCUT2D eigenvalue weighted by Gasteiger charge is 2.21. The fourth-order valence-electron chi connectivity index (χ4n) is 2.84. The summed E-state index contributed by atoms with van der Waals surface area (Å²) in [4.78, 5) is 4.72. The molecule has 1 fully saturated rings. The minimum atomic E-state index is -0.186. The van der Waals surface area contributed by atoms with Crippen LogP contribution in [0, 0.1) is 5.82 Å². The maximum absolute atomic E-state index is 13.4. The van der Waals surface area contributed by atoms with E-state index in [0.29, 0.717) is 5.92 Å². The highest BCUT2D eigenvalue weighted by Crippen LogP contribution is 2.28. The van der Waals surface area contributed by atoms with Crippen molar-refractivity contribution >= 4 is 11.0 Å². The van der Waals surface area contributed by atoms with E-state index in [2.05, 4.69) is 16.8 Å². The van der Waals surface area contributed by atoms with Gasteiger partial charge in [0.25, 0.3) is 0 Å². The standard InChI is InChI=1S/C14H18FN3/c1-2-18-13-9-11(15)3-4-12(13)17-14(18)10-5-7-16-8-6-10/h3-4,9-10,16H,2,5-8H2,1H3. The van der Waals surface area contributed by atoms with Crippen molar-refractivity contribution in [3.8, 4) is 0 Å². The van der Waals surface area contributed by atoms with Crippen LogP contribution in [-0.2, 0) is 6.54 Å². The first-order valence-electron chi connectivity index (χ1n) is 6.66. The number of hydrogen-bond acceptors (Lipinski definition) is 2. The van der Waals surface area contributed by atoms with Crippen LogP contribution < -0.4 is 5.32 Å². The van der Waals surface area contributed by atoms with Gasteiger partial charge in [-0.05, 0) is 51.1 Å². The van der Waals surface area contributed by atoms with E-state index >= 15 is 0 Å². The molecule has 3 nitrogen and oxygen atoms in total. The van der Waals surface area contributed by atoms with Gasteiger partial charge in [0.15, 0.2) is 0 Å². The van der Waals surface area contributed by atoms with E-state index < -0.39 is 0 Å². The first-order valence-corrected chi connectivity index (χ1v) is 6.66. The Morgan fingerprint density at radius 1 is 1.39 bits per heavy atom. The van der Waals surface area contributed by atoms with Gasteiger partial charge < -0.3 is 9.88 Å². The van der Waals surface area contributed by atoms with E-state index in [1.165, 1.54) is 6.07 Å². The summed E-state index contributed by atoms with van der Waals surface area (Å²) in [7, 11) is 0. The fraction of sp³-hybridized carbons (Fsp3) is 0.500. The van der Waals surface area contributed by atoms with Crippen LogP contribution in [0.3, 0.4) is 0 Å². The second-order valence-electron chi connectivity index (χ2n) is 4.87. The predicted octanol–water partition coefficient (Wildman–Crippen LogP) is 2.66. The third-order valence-electron chi connectivity index (χ3n) is 3.76. The van der Waals surface area contributed by atoms with E-state index in [0.717, 1.165) is 49.3 Å². The van der Waals surface area contributed by atoms with Crippen LogP contribution in [0.1, 0.15) is 31.5 Å². The van der Waals surface area contributed by atoms with Crippen molar-refractivity contribution in [1.29, 1.82) is 0 Å². The summed E-state index contributed by atoms with van der Waals surface area (Å²) in [5.41, 5.74) is 1.83. The lowest BCUT2D eigenvalue weighted by atomic mass is 9.97. The van der Waals surface area contributed by atoms with Gasteiger partial charge in [-0.25, -0.2) is 9.37 Å². The molecular weight excluding hydrogens is 229 g/mol. The second kappa shape index (κ2) is 4.69. The van der Waals surface area contributed by atoms with Crippen LogP contribution in [0.2, 0.25) is 0 Å². The molecule has 0 spiro atoms. The van der Waals surface area contributed by atoms with Crippen molar-refractivity contribution in [3.05, 3.63) is 29.8 Å². The van der Waals surface area contributed by atoms with E-state index in [-0.39, 0.29) is 5.82 Å². The molecule has 0 amide bonds. The number of halogens is 1. The van der Waals surface area contributed by atoms with Crippen molar-refractivity contribution in [2.75, 3.05) is 13.1 Å². The zero-order valence-electron chi connectivity index (χ0n) is 10.6. The quantitative estimate of drug-likeness (QED) is 0.884. The molecule has 1 aliphatic heterocycles. The normalized spacial score (nSPS) is 17.4. The molecule has 18 heavy (non-hydrogen) atoms. The molecule has 4 heteroatoms. The molecule has 1 aromatic carbocycles. The van der Waals surface area contributed by atoms with Gasteiger partial charge in [0.1, 0.15) is 11.6 Å². The largest absolute Gasteiger partial charge is 0.328 e. The smallest absolute Gasteiger partial charge is 0.125 e. The number of piperidine rings is 1. The summed E-state index contributed by atoms with van der Waals surface area (Å²) in [5, 5.41) is 3.37. The Morgan fingerprint density at radius 3 is 2.89 bits per heavy atom. The van der Waals surface area contributed by atoms with Crippen molar-refractivity contribution < 1.29 is 4.39 Å². The van der Waals surface area contributed by atoms with Gasteiger partial charge in [-0.3, -0.25) is 0 Å². The predicted molar refractivity (Wildman–Crippen MR) is 70.2 cm³/mol. The van der Waals surface area contributed by atoms with Crippen LogP contribution in [0.25, 0.3) is 11.0 Å². The Morgan fingerprint density at radius 2 is 2.17 bits per heavy atom. The van der Waals surface area contributed by atoms with Gasteiger partial charge in [-0.2, -0.15) is 0 Å². The summed E-state index contributed by atoms with van der Waals surface area (Å²) in [5.74, 6) is 1.44. The SMILES string of the molecule is CCn1c(C2CCNCC2)nc2ccc(F)cc21. The highest BCUT2D eigenvalue weighted by molar-refractivity contribution is 5.76. The summed E-state index contributed by atoms with van der Waals surface area (Å²) in [6.45, 7) is 5.04. The van der Waals surface area contributed by atoms with Crippen LogP contribution in [-0.4, -0.2) is 22.6 Å². The van der Waals surface area contributed by atoms with Crippen molar-refractivity contribution in [2.45, 2.75) is 32.2 Å². The third-order valence-corrected chi connectivity index (χ3v) is 3.76. The molecule has 0 bridgehead atoms. The molecule has 3 rings (SSSR count). The van der Waals surface area contributed by atoms with Crippen molar-refractivity contribution in [3.63, 3.8) is 0 Å². The van der Waals surface area contributed by atoms with Gasteiger partial charge in [0.2, 0.25) is 0 Å². The summed E-state index contributed by atoms with van der Waals surface area (Å²) in [6.07, 6.45) is 2.23. The number of nitrogens with zero attached hydrogens (tertiary/aromatic N) is 2. The monoisotopic (exact) mass is 247 g/mol. The lowest BCUT2D eigenvalue weighted by Crippen LogP contribution is -2.28. The third kappa shape index (κ3) is 1.90. The minimum Gasteiger partial charge on any atom is -0.328 e. The van der Waals surface area contributed by atoms with Crippen LogP contribution in [0.5, 0.6) is 0 Å². The number of benzene rings is 1. The molecular formula is C14H18FN3. The Hall–Kier alpha value is -1.42. The lowest BCUT2D eigenvalue weighted by molar-refractivity contribution is 0.434. The molecule has 1 aromatic heterocycles. The molecule has 2 aromatic rings. The van der Waals surface area contributed by atoms with Crippen molar-refractivity contribution in [2.24, 2.45) is 0 Å². The molecule has 0 unspecified atom stereocenters. The van der Waals surface area contributed by atoms with Gasteiger partial charge in [-0.1, -0.05) is 0 Å². The highest BCUT2D eigenvalue weighted by atomic mass is 19.1. The Bertz CT molecular complexity index is 555. The Balaban J connectivity index is 2.10. The van der Waals surface area contributed by atoms with Gasteiger partial charge in [-0.15, -0.1) is 0 Å². The van der Waals surface area contributed by atoms with Gasteiger partial charge in [0, 0.05) is 12.5 Å². The molecule has 96 valence electrons. The molecule has 1 saturated heterocycles. The van der Waals surface area contributed by atoms with E-state index in [1.54, 1.807) is 12.1 Å². The summed E-state index contributed by atoms with van der Waals surface area (Å²) >= 11 is 0. The molecule has 2 heterocycles. The average molecular weight is 247 g/mol. The first kappa shape index (κ1) is 11.7. The molecule has 1 aliphatic rings. The van der Waals surface area contributed by atoms with Crippen molar-refractivity contribution in [1.82, 2.24) is 14.9 Å². The molecule has 0 atom stereocenters. The maximum Gasteiger partial charge on any atom is 0.125 e. The minimum absolute atomic E-state index is 0.186. The maximum atomic E-state index is 13.4. The first-order chi connectivity index (χ1) is 8.79.